The van der Waals surface area contributed by atoms with Gasteiger partial charge in [-0.2, -0.15) is 0 Å². The molecular formula is C21H35N5O2. The molecule has 1 aromatic carbocycles. The minimum atomic E-state index is -0.345. The van der Waals surface area contributed by atoms with Crippen LogP contribution in [0.2, 0.25) is 0 Å². The number of aliphatic imine (C=N–C) groups is 1. The van der Waals surface area contributed by atoms with Crippen molar-refractivity contribution in [1.82, 2.24) is 10.6 Å². The number of benzene rings is 1. The molecule has 7 heteroatoms. The molecule has 156 valence electrons. The highest BCUT2D eigenvalue weighted by molar-refractivity contribution is 5.97. The number of hydrogen-bond donors (Lipinski definition) is 4. The van der Waals surface area contributed by atoms with Gasteiger partial charge in [-0.3, -0.25) is 9.59 Å². The van der Waals surface area contributed by atoms with E-state index in [1.165, 1.54) is 38.5 Å². The molecular weight excluding hydrogens is 354 g/mol. The van der Waals surface area contributed by atoms with Gasteiger partial charge in [0.1, 0.15) is 0 Å². The van der Waals surface area contributed by atoms with Crippen LogP contribution in [0, 0.1) is 5.92 Å². The van der Waals surface area contributed by atoms with Gasteiger partial charge in [-0.25, -0.2) is 4.99 Å². The Kier molecular flexibility index (Phi) is 11.4. The molecule has 1 atom stereocenters. The minimum absolute atomic E-state index is 0.0604. The molecule has 0 aliphatic heterocycles. The summed E-state index contributed by atoms with van der Waals surface area (Å²) in [5.41, 5.74) is 11.6. The van der Waals surface area contributed by atoms with Gasteiger partial charge in [0.15, 0.2) is 5.96 Å². The number of unbranched alkanes of at least 4 members (excludes halogenated alkanes) is 5. The van der Waals surface area contributed by atoms with Gasteiger partial charge >= 0.3 is 0 Å². The lowest BCUT2D eigenvalue weighted by Gasteiger charge is -2.13. The molecule has 0 radical (unpaired) electrons. The normalized spacial score (nSPS) is 11.5. The lowest BCUT2D eigenvalue weighted by molar-refractivity contribution is -0.120. The summed E-state index contributed by atoms with van der Waals surface area (Å²) in [6, 6.07) is 6.58. The second-order valence-corrected chi connectivity index (χ2v) is 7.24. The van der Waals surface area contributed by atoms with Gasteiger partial charge in [-0.15, -0.1) is 0 Å². The largest absolute Gasteiger partial charge is 0.370 e. The number of carbonyl (C=O) groups is 2. The van der Waals surface area contributed by atoms with E-state index in [1.807, 2.05) is 0 Å². The first-order valence-corrected chi connectivity index (χ1v) is 10.2. The van der Waals surface area contributed by atoms with Crippen LogP contribution in [0.3, 0.4) is 0 Å². The molecule has 0 heterocycles. The van der Waals surface area contributed by atoms with E-state index in [4.69, 9.17) is 11.5 Å². The van der Waals surface area contributed by atoms with E-state index < -0.39 is 0 Å². The lowest BCUT2D eigenvalue weighted by Crippen LogP contribution is -2.38. The summed E-state index contributed by atoms with van der Waals surface area (Å²) in [6.07, 6.45) is 8.75. The molecule has 1 aromatic rings. The fourth-order valence-corrected chi connectivity index (χ4v) is 2.85. The van der Waals surface area contributed by atoms with Crippen molar-refractivity contribution >= 4 is 23.5 Å². The molecule has 0 saturated carbocycles. The molecule has 0 spiro atoms. The third kappa shape index (κ3) is 10.5. The van der Waals surface area contributed by atoms with E-state index in [-0.39, 0.29) is 24.3 Å². The smallest absolute Gasteiger partial charge is 0.251 e. The molecule has 0 bridgehead atoms. The zero-order chi connectivity index (χ0) is 20.8. The van der Waals surface area contributed by atoms with Crippen LogP contribution >= 0.6 is 0 Å². The molecule has 7 nitrogen and oxygen atoms in total. The predicted octanol–water partition coefficient (Wildman–Crippen LogP) is 2.82. The van der Waals surface area contributed by atoms with E-state index in [0.29, 0.717) is 23.7 Å². The minimum Gasteiger partial charge on any atom is -0.370 e. The van der Waals surface area contributed by atoms with Crippen molar-refractivity contribution in [1.29, 1.82) is 0 Å². The SMILES string of the molecule is CCCCCCCCC(C)CNC(=O)CNC(=O)c1cccc(N=C(N)N)c1. The monoisotopic (exact) mass is 389 g/mol. The van der Waals surface area contributed by atoms with Crippen LogP contribution in [-0.4, -0.2) is 30.9 Å². The van der Waals surface area contributed by atoms with E-state index in [2.05, 4.69) is 29.5 Å². The molecule has 0 aliphatic rings. The summed E-state index contributed by atoms with van der Waals surface area (Å²) >= 11 is 0. The molecule has 0 fully saturated rings. The van der Waals surface area contributed by atoms with Gasteiger partial charge in [0, 0.05) is 12.1 Å². The highest BCUT2D eigenvalue weighted by Gasteiger charge is 2.10. The Bertz CT molecular complexity index is 641. The molecule has 28 heavy (non-hydrogen) atoms. The average molecular weight is 390 g/mol. The molecule has 0 saturated heterocycles. The van der Waals surface area contributed by atoms with E-state index in [1.54, 1.807) is 24.3 Å². The van der Waals surface area contributed by atoms with Gasteiger partial charge in [0.25, 0.3) is 5.91 Å². The Hall–Kier alpha value is -2.57. The van der Waals surface area contributed by atoms with Gasteiger partial charge in [-0.1, -0.05) is 58.4 Å². The Morgan fingerprint density at radius 3 is 2.50 bits per heavy atom. The summed E-state index contributed by atoms with van der Waals surface area (Å²) in [6.45, 7) is 4.93. The molecule has 0 aromatic heterocycles. The Morgan fingerprint density at radius 2 is 1.79 bits per heavy atom. The summed E-state index contributed by atoms with van der Waals surface area (Å²) in [7, 11) is 0. The number of carbonyl (C=O) groups excluding carboxylic acids is 2. The summed E-state index contributed by atoms with van der Waals surface area (Å²) in [5, 5.41) is 5.49. The molecule has 2 amide bonds. The van der Waals surface area contributed by atoms with Gasteiger partial charge < -0.3 is 22.1 Å². The van der Waals surface area contributed by atoms with Crippen LogP contribution in [0.25, 0.3) is 0 Å². The molecule has 1 rings (SSSR count). The van der Waals surface area contributed by atoms with E-state index in [9.17, 15) is 9.59 Å². The highest BCUT2D eigenvalue weighted by atomic mass is 16.2. The number of nitrogens with zero attached hydrogens (tertiary/aromatic N) is 1. The van der Waals surface area contributed by atoms with Crippen molar-refractivity contribution in [3.63, 3.8) is 0 Å². The Balaban J connectivity index is 2.25. The lowest BCUT2D eigenvalue weighted by atomic mass is 10.0. The van der Waals surface area contributed by atoms with E-state index >= 15 is 0 Å². The van der Waals surface area contributed by atoms with Crippen molar-refractivity contribution in [3.8, 4) is 0 Å². The highest BCUT2D eigenvalue weighted by Crippen LogP contribution is 2.14. The third-order valence-corrected chi connectivity index (χ3v) is 4.47. The fourth-order valence-electron chi connectivity index (χ4n) is 2.85. The van der Waals surface area contributed by atoms with Crippen molar-refractivity contribution in [3.05, 3.63) is 29.8 Å². The van der Waals surface area contributed by atoms with Crippen molar-refractivity contribution in [2.75, 3.05) is 13.1 Å². The first-order valence-electron chi connectivity index (χ1n) is 10.2. The number of nitrogens with one attached hydrogen (secondary N) is 2. The molecule has 0 aliphatic carbocycles. The Morgan fingerprint density at radius 1 is 1.07 bits per heavy atom. The van der Waals surface area contributed by atoms with Crippen molar-refractivity contribution < 1.29 is 9.59 Å². The number of nitrogens with two attached hydrogens (primary N) is 2. The number of rotatable bonds is 13. The first-order chi connectivity index (χ1) is 13.4. The molecule has 1 unspecified atom stereocenters. The summed E-state index contributed by atoms with van der Waals surface area (Å²) < 4.78 is 0. The van der Waals surface area contributed by atoms with Crippen LogP contribution in [0.1, 0.15) is 69.2 Å². The number of amides is 2. The van der Waals surface area contributed by atoms with Crippen LogP contribution in [0.5, 0.6) is 0 Å². The quantitative estimate of drug-likeness (QED) is 0.235. The predicted molar refractivity (Wildman–Crippen MR) is 114 cm³/mol. The maximum atomic E-state index is 12.2. The zero-order valence-corrected chi connectivity index (χ0v) is 17.2. The molecule has 6 N–H and O–H groups in total. The Labute approximate surface area is 168 Å². The van der Waals surface area contributed by atoms with Gasteiger partial charge in [0.05, 0.1) is 12.2 Å². The number of guanidine groups is 1. The van der Waals surface area contributed by atoms with Crippen molar-refractivity contribution in [2.45, 2.75) is 58.8 Å². The number of hydrogen-bond acceptors (Lipinski definition) is 3. The standard InChI is InChI=1S/C21H35N5O2/c1-3-4-5-6-7-8-10-16(2)14-24-19(27)15-25-20(28)17-11-9-12-18(13-17)26-21(22)23/h9,11-13,16H,3-8,10,14-15H2,1-2H3,(H,24,27)(H,25,28)(H4,22,23,26). The second-order valence-electron chi connectivity index (χ2n) is 7.24. The maximum Gasteiger partial charge on any atom is 0.251 e. The topological polar surface area (TPSA) is 123 Å². The van der Waals surface area contributed by atoms with E-state index in [0.717, 1.165) is 6.42 Å². The summed E-state index contributed by atoms with van der Waals surface area (Å²) in [4.78, 5) is 28.0. The van der Waals surface area contributed by atoms with Crippen LogP contribution in [0.15, 0.2) is 29.3 Å². The fraction of sp³-hybridized carbons (Fsp3) is 0.571. The average Bonchev–Trinajstić information content (AvgIpc) is 2.66. The first kappa shape index (κ1) is 23.5. The van der Waals surface area contributed by atoms with Crippen LogP contribution in [-0.2, 0) is 4.79 Å². The van der Waals surface area contributed by atoms with Gasteiger partial charge in [-0.05, 0) is 30.5 Å². The second kappa shape index (κ2) is 13.6. The maximum absolute atomic E-state index is 12.2. The van der Waals surface area contributed by atoms with Crippen LogP contribution < -0.4 is 22.1 Å². The van der Waals surface area contributed by atoms with Crippen molar-refractivity contribution in [2.24, 2.45) is 22.4 Å². The zero-order valence-electron chi connectivity index (χ0n) is 17.2. The van der Waals surface area contributed by atoms with Crippen LogP contribution in [0.4, 0.5) is 5.69 Å². The van der Waals surface area contributed by atoms with Gasteiger partial charge in [0.2, 0.25) is 5.91 Å². The third-order valence-electron chi connectivity index (χ3n) is 4.47. The summed E-state index contributed by atoms with van der Waals surface area (Å²) in [5.74, 6) is -0.180.